The first-order chi connectivity index (χ1) is 12.7. The molecule has 10 heteroatoms. The highest BCUT2D eigenvalue weighted by Crippen LogP contribution is 2.10. The molecule has 0 aromatic carbocycles. The molecule has 156 valence electrons. The molecule has 0 bridgehead atoms. The highest BCUT2D eigenvalue weighted by molar-refractivity contribution is 6.37. The Morgan fingerprint density at radius 2 is 0.889 bits per heavy atom. The number of hydrogen-bond donors (Lipinski definition) is 0. The SMILES string of the molecule is CC(=O)OC(CC[SiH2]CCC[SiH2]CCC(OC(C)=O)OC(C)=O)OC(C)=O. The molecular weight excluding hydrogens is 388 g/mol. The van der Waals surface area contributed by atoms with Crippen molar-refractivity contribution in [1.82, 2.24) is 0 Å². The van der Waals surface area contributed by atoms with E-state index < -0.39 is 36.5 Å². The molecule has 0 unspecified atom stereocenters. The molecule has 0 rings (SSSR count). The van der Waals surface area contributed by atoms with Gasteiger partial charge < -0.3 is 18.9 Å². The van der Waals surface area contributed by atoms with Gasteiger partial charge in [0, 0.05) is 59.6 Å². The Morgan fingerprint density at radius 3 is 1.15 bits per heavy atom. The fourth-order valence-corrected chi connectivity index (χ4v) is 6.60. The van der Waals surface area contributed by atoms with Gasteiger partial charge in [-0.3, -0.25) is 19.2 Å². The summed E-state index contributed by atoms with van der Waals surface area (Å²) in [5.74, 6) is -1.80. The molecule has 0 saturated carbocycles. The molecule has 8 nitrogen and oxygen atoms in total. The molecule has 0 atom stereocenters. The van der Waals surface area contributed by atoms with Crippen molar-refractivity contribution in [2.24, 2.45) is 0 Å². The molecule has 27 heavy (non-hydrogen) atoms. The summed E-state index contributed by atoms with van der Waals surface area (Å²) in [4.78, 5) is 43.9. The van der Waals surface area contributed by atoms with E-state index in [4.69, 9.17) is 18.9 Å². The quantitative estimate of drug-likeness (QED) is 0.178. The fourth-order valence-electron chi connectivity index (χ4n) is 2.53. The van der Waals surface area contributed by atoms with Gasteiger partial charge in [-0.2, -0.15) is 0 Å². The Morgan fingerprint density at radius 1 is 0.593 bits per heavy atom. The van der Waals surface area contributed by atoms with Crippen molar-refractivity contribution in [2.45, 2.75) is 83.7 Å². The van der Waals surface area contributed by atoms with Gasteiger partial charge in [-0.1, -0.05) is 30.6 Å². The van der Waals surface area contributed by atoms with Crippen LogP contribution in [-0.2, 0) is 38.1 Å². The van der Waals surface area contributed by atoms with Crippen molar-refractivity contribution in [3.63, 3.8) is 0 Å². The second-order valence-electron chi connectivity index (χ2n) is 6.35. The Labute approximate surface area is 165 Å². The highest BCUT2D eigenvalue weighted by atomic mass is 28.2. The number of ether oxygens (including phenoxy) is 4. The van der Waals surface area contributed by atoms with Gasteiger partial charge >= 0.3 is 23.9 Å². The van der Waals surface area contributed by atoms with Crippen LogP contribution in [0.4, 0.5) is 0 Å². The van der Waals surface area contributed by atoms with Crippen LogP contribution < -0.4 is 0 Å². The minimum Gasteiger partial charge on any atom is -0.425 e. The van der Waals surface area contributed by atoms with Gasteiger partial charge in [0.05, 0.1) is 0 Å². The summed E-state index contributed by atoms with van der Waals surface area (Å²) in [5, 5.41) is 0. The van der Waals surface area contributed by atoms with Crippen LogP contribution in [0.2, 0.25) is 24.2 Å². The van der Waals surface area contributed by atoms with Gasteiger partial charge in [0.25, 0.3) is 0 Å². The van der Waals surface area contributed by atoms with Crippen LogP contribution in [-0.4, -0.2) is 55.5 Å². The third-order valence-corrected chi connectivity index (χ3v) is 7.39. The van der Waals surface area contributed by atoms with Crippen molar-refractivity contribution >= 4 is 42.9 Å². The maximum Gasteiger partial charge on any atom is 0.305 e. The molecule has 0 amide bonds. The lowest BCUT2D eigenvalue weighted by Gasteiger charge is -2.16. The molecule has 0 heterocycles. The van der Waals surface area contributed by atoms with Crippen molar-refractivity contribution in [2.75, 3.05) is 0 Å². The van der Waals surface area contributed by atoms with Crippen molar-refractivity contribution in [1.29, 1.82) is 0 Å². The molecule has 0 aliphatic rings. The predicted octanol–water partition coefficient (Wildman–Crippen LogP) is 1.07. The summed E-state index contributed by atoms with van der Waals surface area (Å²) in [6, 6.07) is 4.29. The number of rotatable bonds is 14. The average molecular weight is 421 g/mol. The van der Waals surface area contributed by atoms with Crippen LogP contribution >= 0.6 is 0 Å². The maximum atomic E-state index is 11.0. The van der Waals surface area contributed by atoms with E-state index >= 15 is 0 Å². The summed E-state index contributed by atoms with van der Waals surface area (Å²) in [5.41, 5.74) is 0. The first kappa shape index (κ1) is 25.3. The number of hydrogen-bond acceptors (Lipinski definition) is 8. The average Bonchev–Trinajstić information content (AvgIpc) is 2.50. The molecule has 0 fully saturated rings. The lowest BCUT2D eigenvalue weighted by Crippen LogP contribution is -2.22. The molecule has 0 saturated heterocycles. The molecule has 0 aliphatic carbocycles. The number of carbonyl (C=O) groups is 4. The molecule has 0 aliphatic heterocycles. The van der Waals surface area contributed by atoms with E-state index in [2.05, 4.69) is 0 Å². The van der Waals surface area contributed by atoms with Gasteiger partial charge in [-0.25, -0.2) is 0 Å². The predicted molar refractivity (Wildman–Crippen MR) is 105 cm³/mol. The van der Waals surface area contributed by atoms with Gasteiger partial charge in [-0.05, 0) is 0 Å². The van der Waals surface area contributed by atoms with Crippen LogP contribution in [0.1, 0.15) is 47.0 Å². The van der Waals surface area contributed by atoms with Gasteiger partial charge in [0.15, 0.2) is 0 Å². The molecule has 0 aromatic heterocycles. The number of carbonyl (C=O) groups excluding carboxylic acids is 4. The van der Waals surface area contributed by atoms with Crippen molar-refractivity contribution in [3.05, 3.63) is 0 Å². The smallest absolute Gasteiger partial charge is 0.305 e. The summed E-state index contributed by atoms with van der Waals surface area (Å²) >= 11 is 0. The highest BCUT2D eigenvalue weighted by Gasteiger charge is 2.15. The van der Waals surface area contributed by atoms with Gasteiger partial charge in [-0.15, -0.1) is 0 Å². The Bertz CT molecular complexity index is 410. The summed E-state index contributed by atoms with van der Waals surface area (Å²) in [7, 11) is -0.557. The van der Waals surface area contributed by atoms with E-state index in [1.807, 2.05) is 0 Å². The van der Waals surface area contributed by atoms with Crippen molar-refractivity contribution in [3.8, 4) is 0 Å². The van der Waals surface area contributed by atoms with E-state index in [1.54, 1.807) is 0 Å². The van der Waals surface area contributed by atoms with Gasteiger partial charge in [0.1, 0.15) is 0 Å². The minimum atomic E-state index is -0.763. The third kappa shape index (κ3) is 17.5. The lowest BCUT2D eigenvalue weighted by atomic mass is 10.4. The molecule has 0 aromatic rings. The third-order valence-electron chi connectivity index (χ3n) is 3.57. The molecule has 0 radical (unpaired) electrons. The van der Waals surface area contributed by atoms with Crippen LogP contribution in [0, 0.1) is 0 Å². The Hall–Kier alpha value is -1.69. The van der Waals surface area contributed by atoms with Crippen LogP contribution in [0.25, 0.3) is 0 Å². The Balaban J connectivity index is 3.77. The zero-order chi connectivity index (χ0) is 20.7. The topological polar surface area (TPSA) is 105 Å². The maximum absolute atomic E-state index is 11.0. The summed E-state index contributed by atoms with van der Waals surface area (Å²) < 4.78 is 19.9. The van der Waals surface area contributed by atoms with Crippen LogP contribution in [0.5, 0.6) is 0 Å². The number of esters is 4. The summed E-state index contributed by atoms with van der Waals surface area (Å²) in [6.07, 6.45) is 0.767. The standard InChI is InChI=1S/C17H32O8Si2/c1-12(18)22-16(23-13(2)19)6-10-26-8-5-9-27-11-7-17(24-14(3)20)25-15(4)21/h16-17H,5-11,26-27H2,1-4H3. The second kappa shape index (κ2) is 15.4. The molecular formula is C17H32O8Si2. The molecule has 0 N–H and O–H groups in total. The van der Waals surface area contributed by atoms with Gasteiger partial charge in [0.2, 0.25) is 12.6 Å². The minimum absolute atomic E-state index is 0.279. The molecule has 0 spiro atoms. The van der Waals surface area contributed by atoms with Crippen LogP contribution in [0.15, 0.2) is 0 Å². The van der Waals surface area contributed by atoms with Crippen LogP contribution in [0.3, 0.4) is 0 Å². The first-order valence-corrected chi connectivity index (χ1v) is 13.4. The van der Waals surface area contributed by atoms with E-state index in [9.17, 15) is 19.2 Å². The zero-order valence-corrected chi connectivity index (χ0v) is 19.6. The Kier molecular flexibility index (Phi) is 14.4. The largest absolute Gasteiger partial charge is 0.425 e. The van der Waals surface area contributed by atoms with E-state index in [1.165, 1.54) is 39.8 Å². The zero-order valence-electron chi connectivity index (χ0n) is 16.8. The second-order valence-corrected chi connectivity index (χ2v) is 10.6. The lowest BCUT2D eigenvalue weighted by molar-refractivity contribution is -0.187. The van der Waals surface area contributed by atoms with E-state index in [-0.39, 0.29) is 19.0 Å². The normalized spacial score (nSPS) is 11.5. The fraction of sp³-hybridized carbons (Fsp3) is 0.765. The van der Waals surface area contributed by atoms with Crippen molar-refractivity contribution < 1.29 is 38.1 Å². The van der Waals surface area contributed by atoms with E-state index in [0.717, 1.165) is 18.5 Å². The monoisotopic (exact) mass is 420 g/mol. The first-order valence-electron chi connectivity index (χ1n) is 9.39. The van der Waals surface area contributed by atoms with E-state index in [0.29, 0.717) is 12.8 Å². The summed E-state index contributed by atoms with van der Waals surface area (Å²) in [6.45, 7) is 5.19.